The van der Waals surface area contributed by atoms with E-state index < -0.39 is 23.6 Å². The molecule has 0 aliphatic carbocycles. The molecule has 0 saturated heterocycles. The number of fused-ring (bicyclic) bond motifs is 1. The molecule has 0 bridgehead atoms. The summed E-state index contributed by atoms with van der Waals surface area (Å²) in [6, 6.07) is 15.8. The van der Waals surface area contributed by atoms with Crippen LogP contribution in [0, 0.1) is 5.82 Å². The summed E-state index contributed by atoms with van der Waals surface area (Å²) in [5.41, 5.74) is 0.0194. The van der Waals surface area contributed by atoms with Crippen LogP contribution in [0.5, 0.6) is 0 Å². The average Bonchev–Trinajstić information content (AvgIpc) is 2.89. The Bertz CT molecular complexity index is 1480. The van der Waals surface area contributed by atoms with E-state index in [0.29, 0.717) is 22.2 Å². The second kappa shape index (κ2) is 11.1. The summed E-state index contributed by atoms with van der Waals surface area (Å²) >= 11 is 0. The Morgan fingerprint density at radius 3 is 2.32 bits per heavy atom. The van der Waals surface area contributed by atoms with Gasteiger partial charge in [-0.3, -0.25) is 14.2 Å². The van der Waals surface area contributed by atoms with Gasteiger partial charge in [-0.05, 0) is 61.0 Å². The van der Waals surface area contributed by atoms with Gasteiger partial charge in [0.2, 0.25) is 5.91 Å². The van der Waals surface area contributed by atoms with Crippen LogP contribution in [0.3, 0.4) is 0 Å². The van der Waals surface area contributed by atoms with Crippen LogP contribution < -0.4 is 5.56 Å². The highest BCUT2D eigenvalue weighted by Crippen LogP contribution is 2.29. The highest BCUT2D eigenvalue weighted by Gasteiger charge is 2.31. The molecule has 0 N–H and O–H groups in total. The first-order valence-electron chi connectivity index (χ1n) is 11.8. The second-order valence-corrected chi connectivity index (χ2v) is 8.73. The SMILES string of the molecule is COCCN(C(=O)Cc1ccc(C(F)(F)F)cc1)[C@H](C)c1nc2ccccc2c(=O)n1-c1ccc(F)cc1. The first-order chi connectivity index (χ1) is 18.1. The summed E-state index contributed by atoms with van der Waals surface area (Å²) in [4.78, 5) is 33.2. The van der Waals surface area contributed by atoms with Gasteiger partial charge in [0, 0.05) is 13.7 Å². The van der Waals surface area contributed by atoms with Gasteiger partial charge in [0.25, 0.3) is 5.56 Å². The van der Waals surface area contributed by atoms with Crippen molar-refractivity contribution in [1.82, 2.24) is 14.5 Å². The molecule has 1 aromatic heterocycles. The fourth-order valence-electron chi connectivity index (χ4n) is 4.22. The van der Waals surface area contributed by atoms with E-state index in [4.69, 9.17) is 9.72 Å². The molecule has 1 heterocycles. The fourth-order valence-corrected chi connectivity index (χ4v) is 4.22. The number of alkyl halides is 3. The normalized spacial score (nSPS) is 12.5. The van der Waals surface area contributed by atoms with Gasteiger partial charge in [0.05, 0.1) is 41.2 Å². The zero-order valence-corrected chi connectivity index (χ0v) is 20.7. The molecular formula is C28H25F4N3O3. The summed E-state index contributed by atoms with van der Waals surface area (Å²) < 4.78 is 59.0. The van der Waals surface area contributed by atoms with Crippen molar-refractivity contribution in [2.75, 3.05) is 20.3 Å². The smallest absolute Gasteiger partial charge is 0.383 e. The Balaban J connectivity index is 1.76. The van der Waals surface area contributed by atoms with Gasteiger partial charge in [-0.1, -0.05) is 24.3 Å². The lowest BCUT2D eigenvalue weighted by Crippen LogP contribution is -2.40. The number of hydrogen-bond donors (Lipinski definition) is 0. The van der Waals surface area contributed by atoms with E-state index in [-0.39, 0.29) is 36.9 Å². The standard InChI is InChI=1S/C28H25F4N3O3/c1-18(34(15-16-38-2)25(36)17-19-7-9-20(10-8-19)28(30,31)32)26-33-24-6-4-3-5-23(24)27(37)35(26)22-13-11-21(29)12-14-22/h3-14,18H,15-17H2,1-2H3/t18-/m1/s1. The number of rotatable bonds is 8. The first kappa shape index (κ1) is 27.0. The van der Waals surface area contributed by atoms with E-state index in [0.717, 1.165) is 12.1 Å². The number of ether oxygens (including phenoxy) is 1. The van der Waals surface area contributed by atoms with E-state index in [1.807, 2.05) is 0 Å². The molecule has 1 amide bonds. The number of nitrogens with zero attached hydrogens (tertiary/aromatic N) is 3. The molecule has 0 aliphatic heterocycles. The van der Waals surface area contributed by atoms with Crippen LogP contribution in [0.4, 0.5) is 17.6 Å². The molecule has 3 aromatic carbocycles. The molecular weight excluding hydrogens is 502 g/mol. The van der Waals surface area contributed by atoms with Crippen molar-refractivity contribution in [3.05, 3.63) is 106 Å². The van der Waals surface area contributed by atoms with Crippen molar-refractivity contribution >= 4 is 16.8 Å². The van der Waals surface area contributed by atoms with Gasteiger partial charge in [-0.15, -0.1) is 0 Å². The second-order valence-electron chi connectivity index (χ2n) is 8.73. The molecule has 0 saturated carbocycles. The molecule has 1 atom stereocenters. The summed E-state index contributed by atoms with van der Waals surface area (Å²) in [6.45, 7) is 2.03. The van der Waals surface area contributed by atoms with E-state index >= 15 is 0 Å². The highest BCUT2D eigenvalue weighted by molar-refractivity contribution is 5.80. The van der Waals surface area contributed by atoms with Crippen molar-refractivity contribution in [3.8, 4) is 5.69 Å². The van der Waals surface area contributed by atoms with Crippen molar-refractivity contribution in [1.29, 1.82) is 0 Å². The third kappa shape index (κ3) is 5.75. The lowest BCUT2D eigenvalue weighted by Gasteiger charge is -2.30. The van der Waals surface area contributed by atoms with Crippen LogP contribution in [0.1, 0.15) is 29.9 Å². The van der Waals surface area contributed by atoms with Crippen molar-refractivity contribution in [2.24, 2.45) is 0 Å². The Morgan fingerprint density at radius 1 is 1.03 bits per heavy atom. The van der Waals surface area contributed by atoms with Crippen molar-refractivity contribution in [3.63, 3.8) is 0 Å². The topological polar surface area (TPSA) is 64.4 Å². The number of aromatic nitrogens is 2. The minimum atomic E-state index is -4.48. The third-order valence-corrected chi connectivity index (χ3v) is 6.22. The molecule has 0 spiro atoms. The predicted octanol–water partition coefficient (Wildman–Crippen LogP) is 5.32. The van der Waals surface area contributed by atoms with E-state index in [9.17, 15) is 27.2 Å². The predicted molar refractivity (Wildman–Crippen MR) is 134 cm³/mol. The first-order valence-corrected chi connectivity index (χ1v) is 11.8. The maximum Gasteiger partial charge on any atom is 0.416 e. The summed E-state index contributed by atoms with van der Waals surface area (Å²) in [5, 5.41) is 0.354. The van der Waals surface area contributed by atoms with E-state index in [1.165, 1.54) is 53.0 Å². The largest absolute Gasteiger partial charge is 0.416 e. The minimum Gasteiger partial charge on any atom is -0.383 e. The molecule has 0 radical (unpaired) electrons. The zero-order valence-electron chi connectivity index (χ0n) is 20.7. The molecule has 0 aliphatic rings. The van der Waals surface area contributed by atoms with Crippen LogP contribution >= 0.6 is 0 Å². The lowest BCUT2D eigenvalue weighted by atomic mass is 10.1. The van der Waals surface area contributed by atoms with Crippen molar-refractivity contribution < 1.29 is 27.1 Å². The lowest BCUT2D eigenvalue weighted by molar-refractivity contribution is -0.137. The van der Waals surface area contributed by atoms with E-state index in [2.05, 4.69) is 0 Å². The number of carbonyl (C=O) groups excluding carboxylic acids is 1. The number of halogens is 4. The summed E-state index contributed by atoms with van der Waals surface area (Å²) in [7, 11) is 1.48. The molecule has 0 unspecified atom stereocenters. The number of benzene rings is 3. The molecule has 10 heteroatoms. The third-order valence-electron chi connectivity index (χ3n) is 6.22. The number of methoxy groups -OCH3 is 1. The summed E-state index contributed by atoms with van der Waals surface area (Å²) in [5.74, 6) is -0.613. The van der Waals surface area contributed by atoms with Crippen molar-refractivity contribution in [2.45, 2.75) is 25.6 Å². The van der Waals surface area contributed by atoms with E-state index in [1.54, 1.807) is 31.2 Å². The number of carbonyl (C=O) groups is 1. The Labute approximate surface area is 216 Å². The number of amides is 1. The maximum absolute atomic E-state index is 13.7. The quantitative estimate of drug-likeness (QED) is 0.291. The van der Waals surface area contributed by atoms with Gasteiger partial charge in [0.1, 0.15) is 11.6 Å². The Morgan fingerprint density at radius 2 is 1.68 bits per heavy atom. The Hall–Kier alpha value is -4.05. The van der Waals surface area contributed by atoms with Crippen LogP contribution in [0.25, 0.3) is 16.6 Å². The van der Waals surface area contributed by atoms with Crippen LogP contribution in [-0.4, -0.2) is 40.6 Å². The monoisotopic (exact) mass is 527 g/mol. The van der Waals surface area contributed by atoms with Crippen LogP contribution in [0.15, 0.2) is 77.6 Å². The van der Waals surface area contributed by atoms with Crippen LogP contribution in [0.2, 0.25) is 0 Å². The fraction of sp³-hybridized carbons (Fsp3) is 0.250. The molecule has 6 nitrogen and oxygen atoms in total. The maximum atomic E-state index is 13.7. The number of para-hydroxylation sites is 1. The molecule has 38 heavy (non-hydrogen) atoms. The average molecular weight is 528 g/mol. The van der Waals surface area contributed by atoms with Gasteiger partial charge < -0.3 is 9.64 Å². The summed E-state index contributed by atoms with van der Waals surface area (Å²) in [6.07, 6.45) is -4.64. The molecule has 198 valence electrons. The Kier molecular flexibility index (Phi) is 7.91. The zero-order chi connectivity index (χ0) is 27.4. The molecule has 0 fully saturated rings. The van der Waals surface area contributed by atoms with Gasteiger partial charge in [-0.25, -0.2) is 9.37 Å². The van der Waals surface area contributed by atoms with Gasteiger partial charge >= 0.3 is 6.18 Å². The van der Waals surface area contributed by atoms with Gasteiger partial charge in [-0.2, -0.15) is 13.2 Å². The molecule has 4 aromatic rings. The molecule has 4 rings (SSSR count). The van der Waals surface area contributed by atoms with Crippen LogP contribution in [-0.2, 0) is 22.1 Å². The minimum absolute atomic E-state index is 0.142. The van der Waals surface area contributed by atoms with Gasteiger partial charge in [0.15, 0.2) is 0 Å². The highest BCUT2D eigenvalue weighted by atomic mass is 19.4. The number of hydrogen-bond acceptors (Lipinski definition) is 4.